The van der Waals surface area contributed by atoms with Gasteiger partial charge in [-0.25, -0.2) is 4.39 Å². The van der Waals surface area contributed by atoms with Crippen molar-refractivity contribution in [3.05, 3.63) is 91.1 Å². The van der Waals surface area contributed by atoms with Crippen LogP contribution in [0.1, 0.15) is 18.1 Å². The molecule has 0 bridgehead atoms. The molecule has 6 nitrogen and oxygen atoms in total. The van der Waals surface area contributed by atoms with Gasteiger partial charge in [-0.05, 0) is 95.4 Å². The normalized spacial score (nSPS) is 14.4. The number of benzene rings is 3. The molecule has 1 saturated heterocycles. The van der Waals surface area contributed by atoms with Crippen molar-refractivity contribution in [3.63, 3.8) is 0 Å². The SMILES string of the molecule is CCOc1cc(/C=C2\SC(=O)N(CCOc3ccc(F)cc3)C2=O)cc(I)c1OCc1ccccc1Cl. The molecule has 0 N–H and O–H groups in total. The molecule has 3 aromatic rings. The lowest BCUT2D eigenvalue weighted by Crippen LogP contribution is -2.32. The monoisotopic (exact) mass is 653 g/mol. The molecule has 192 valence electrons. The molecular weight excluding hydrogens is 632 g/mol. The number of imide groups is 1. The van der Waals surface area contributed by atoms with Crippen molar-refractivity contribution >= 4 is 63.2 Å². The molecule has 37 heavy (non-hydrogen) atoms. The van der Waals surface area contributed by atoms with Crippen LogP contribution in [-0.4, -0.2) is 35.8 Å². The molecule has 0 spiro atoms. The van der Waals surface area contributed by atoms with Crippen LogP contribution in [0.25, 0.3) is 6.08 Å². The average molecular weight is 654 g/mol. The molecule has 2 amide bonds. The van der Waals surface area contributed by atoms with Crippen LogP contribution >= 0.6 is 46.0 Å². The van der Waals surface area contributed by atoms with E-state index in [9.17, 15) is 14.0 Å². The van der Waals surface area contributed by atoms with Crippen LogP contribution in [0.2, 0.25) is 5.02 Å². The van der Waals surface area contributed by atoms with Gasteiger partial charge in [-0.2, -0.15) is 0 Å². The fraction of sp³-hybridized carbons (Fsp3) is 0.185. The van der Waals surface area contributed by atoms with E-state index < -0.39 is 5.91 Å². The highest BCUT2D eigenvalue weighted by Crippen LogP contribution is 2.38. The van der Waals surface area contributed by atoms with Crippen molar-refractivity contribution in [1.29, 1.82) is 0 Å². The fourth-order valence-electron chi connectivity index (χ4n) is 3.47. The van der Waals surface area contributed by atoms with Gasteiger partial charge < -0.3 is 14.2 Å². The Morgan fingerprint density at radius 3 is 2.54 bits per heavy atom. The second-order valence-corrected chi connectivity index (χ2v) is 10.3. The third kappa shape index (κ3) is 6.97. The molecule has 1 fully saturated rings. The highest BCUT2D eigenvalue weighted by molar-refractivity contribution is 14.1. The van der Waals surface area contributed by atoms with Crippen LogP contribution < -0.4 is 14.2 Å². The number of carbonyl (C=O) groups excluding carboxylic acids is 2. The Morgan fingerprint density at radius 1 is 1.05 bits per heavy atom. The van der Waals surface area contributed by atoms with Crippen LogP contribution in [0.4, 0.5) is 9.18 Å². The van der Waals surface area contributed by atoms with Crippen molar-refractivity contribution in [2.75, 3.05) is 19.8 Å². The fourth-order valence-corrected chi connectivity index (χ4v) is 5.31. The number of amides is 2. The van der Waals surface area contributed by atoms with Gasteiger partial charge in [0.1, 0.15) is 24.8 Å². The average Bonchev–Trinajstić information content (AvgIpc) is 3.13. The van der Waals surface area contributed by atoms with E-state index in [0.717, 1.165) is 25.8 Å². The third-order valence-electron chi connectivity index (χ3n) is 5.23. The number of hydrogen-bond acceptors (Lipinski definition) is 6. The van der Waals surface area contributed by atoms with Gasteiger partial charge in [-0.1, -0.05) is 29.8 Å². The summed E-state index contributed by atoms with van der Waals surface area (Å²) in [6, 6.07) is 16.6. The van der Waals surface area contributed by atoms with Crippen LogP contribution in [0.3, 0.4) is 0 Å². The number of carbonyl (C=O) groups is 2. The lowest BCUT2D eigenvalue weighted by Gasteiger charge is -2.15. The zero-order valence-corrected chi connectivity index (χ0v) is 23.4. The molecule has 4 rings (SSSR count). The van der Waals surface area contributed by atoms with Gasteiger partial charge in [0.25, 0.3) is 11.1 Å². The molecule has 1 aliphatic heterocycles. The van der Waals surface area contributed by atoms with Crippen LogP contribution in [0, 0.1) is 9.39 Å². The lowest BCUT2D eigenvalue weighted by atomic mass is 10.1. The van der Waals surface area contributed by atoms with E-state index in [0.29, 0.717) is 39.3 Å². The Kier molecular flexibility index (Phi) is 9.33. The maximum Gasteiger partial charge on any atom is 0.293 e. The van der Waals surface area contributed by atoms with Crippen molar-refractivity contribution in [3.8, 4) is 17.2 Å². The highest BCUT2D eigenvalue weighted by atomic mass is 127. The first-order valence-electron chi connectivity index (χ1n) is 11.3. The first-order valence-corrected chi connectivity index (χ1v) is 13.6. The maximum atomic E-state index is 13.0. The Morgan fingerprint density at radius 2 is 1.81 bits per heavy atom. The van der Waals surface area contributed by atoms with Gasteiger partial charge in [0.15, 0.2) is 11.5 Å². The Bertz CT molecular complexity index is 1330. The van der Waals surface area contributed by atoms with Crippen molar-refractivity contribution < 1.29 is 28.2 Å². The molecule has 0 aliphatic carbocycles. The topological polar surface area (TPSA) is 65.1 Å². The molecule has 0 aromatic heterocycles. The minimum absolute atomic E-state index is 0.0793. The summed E-state index contributed by atoms with van der Waals surface area (Å²) in [6.45, 7) is 2.74. The van der Waals surface area contributed by atoms with Crippen LogP contribution in [0.15, 0.2) is 65.6 Å². The van der Waals surface area contributed by atoms with Crippen LogP contribution in [-0.2, 0) is 11.4 Å². The maximum absolute atomic E-state index is 13.0. The molecule has 0 saturated carbocycles. The second kappa shape index (κ2) is 12.7. The van der Waals surface area contributed by atoms with Gasteiger partial charge in [-0.15, -0.1) is 0 Å². The van der Waals surface area contributed by atoms with Gasteiger partial charge in [-0.3, -0.25) is 14.5 Å². The number of nitrogens with zero attached hydrogens (tertiary/aromatic N) is 1. The summed E-state index contributed by atoms with van der Waals surface area (Å²) >= 11 is 9.27. The van der Waals surface area contributed by atoms with Gasteiger partial charge in [0.05, 0.1) is 21.6 Å². The first kappa shape index (κ1) is 27.3. The van der Waals surface area contributed by atoms with Gasteiger partial charge in [0.2, 0.25) is 0 Å². The summed E-state index contributed by atoms with van der Waals surface area (Å²) in [5.74, 6) is 0.791. The van der Waals surface area contributed by atoms with E-state index in [1.54, 1.807) is 18.2 Å². The summed E-state index contributed by atoms with van der Waals surface area (Å²) in [6.07, 6.45) is 1.66. The van der Waals surface area contributed by atoms with E-state index in [1.165, 1.54) is 24.3 Å². The molecule has 1 aliphatic rings. The van der Waals surface area contributed by atoms with Crippen molar-refractivity contribution in [2.45, 2.75) is 13.5 Å². The molecule has 1 heterocycles. The molecule has 3 aromatic carbocycles. The predicted octanol–water partition coefficient (Wildman–Crippen LogP) is 7.18. The zero-order chi connectivity index (χ0) is 26.4. The molecule has 0 radical (unpaired) electrons. The third-order valence-corrected chi connectivity index (χ3v) is 7.31. The zero-order valence-electron chi connectivity index (χ0n) is 19.7. The minimum atomic E-state index is -0.398. The Balaban J connectivity index is 1.46. The lowest BCUT2D eigenvalue weighted by molar-refractivity contribution is -0.123. The number of ether oxygens (including phenoxy) is 3. The van der Waals surface area contributed by atoms with Gasteiger partial charge >= 0.3 is 0 Å². The quantitative estimate of drug-likeness (QED) is 0.171. The van der Waals surface area contributed by atoms with Gasteiger partial charge in [0, 0.05) is 10.6 Å². The standard InChI is InChI=1S/C27H22ClFINO5S/c1-2-34-23-14-17(13-22(30)25(23)36-16-18-5-3-4-6-21(18)28)15-24-26(32)31(27(33)37-24)11-12-35-20-9-7-19(29)8-10-20/h3-10,13-15H,2,11-12,16H2,1H3/b24-15-. The predicted molar refractivity (Wildman–Crippen MR) is 151 cm³/mol. The van der Waals surface area contributed by atoms with E-state index >= 15 is 0 Å². The number of halogens is 3. The smallest absolute Gasteiger partial charge is 0.293 e. The largest absolute Gasteiger partial charge is 0.492 e. The summed E-state index contributed by atoms with van der Waals surface area (Å²) in [4.78, 5) is 26.8. The van der Waals surface area contributed by atoms with Crippen molar-refractivity contribution in [2.24, 2.45) is 0 Å². The van der Waals surface area contributed by atoms with E-state index in [2.05, 4.69) is 22.6 Å². The number of thioether (sulfide) groups is 1. The molecule has 10 heteroatoms. The van der Waals surface area contributed by atoms with Crippen LogP contribution in [0.5, 0.6) is 17.2 Å². The van der Waals surface area contributed by atoms with E-state index in [1.807, 2.05) is 31.2 Å². The summed E-state index contributed by atoms with van der Waals surface area (Å²) < 4.78 is 31.2. The number of hydrogen-bond donors (Lipinski definition) is 0. The summed E-state index contributed by atoms with van der Waals surface area (Å²) in [5.41, 5.74) is 1.55. The molecule has 0 atom stereocenters. The molecule has 0 unspecified atom stereocenters. The number of rotatable bonds is 10. The molecular formula is C27H22ClFINO5S. The highest BCUT2D eigenvalue weighted by Gasteiger charge is 2.35. The second-order valence-electron chi connectivity index (χ2n) is 7.78. The van der Waals surface area contributed by atoms with E-state index in [-0.39, 0.29) is 30.8 Å². The first-order chi connectivity index (χ1) is 17.9. The Labute approximate surface area is 236 Å². The Hall–Kier alpha value is -2.76. The summed E-state index contributed by atoms with van der Waals surface area (Å²) in [5, 5.41) is 0.240. The van der Waals surface area contributed by atoms with Crippen molar-refractivity contribution in [1.82, 2.24) is 4.90 Å². The minimum Gasteiger partial charge on any atom is -0.492 e. The summed E-state index contributed by atoms with van der Waals surface area (Å²) in [7, 11) is 0. The van der Waals surface area contributed by atoms with E-state index in [4.69, 9.17) is 25.8 Å².